The van der Waals surface area contributed by atoms with Crippen molar-refractivity contribution < 1.29 is 14.1 Å². The monoisotopic (exact) mass is 429 g/mol. The van der Waals surface area contributed by atoms with Crippen LogP contribution in [0.25, 0.3) is 11.1 Å². The number of benzene rings is 1. The molecule has 1 fully saturated rings. The summed E-state index contributed by atoms with van der Waals surface area (Å²) in [7, 11) is 1.78. The Bertz CT molecular complexity index is 1320. The molecule has 3 heterocycles. The molecule has 0 saturated heterocycles. The number of pyridine rings is 1. The predicted molar refractivity (Wildman–Crippen MR) is 119 cm³/mol. The Morgan fingerprint density at radius 2 is 2.00 bits per heavy atom. The van der Waals surface area contributed by atoms with Crippen LogP contribution in [0.3, 0.4) is 0 Å². The summed E-state index contributed by atoms with van der Waals surface area (Å²) < 4.78 is 7.14. The Kier molecular flexibility index (Phi) is 5.05. The van der Waals surface area contributed by atoms with Gasteiger partial charge < -0.3 is 14.4 Å². The molecule has 1 N–H and O–H groups in total. The summed E-state index contributed by atoms with van der Waals surface area (Å²) in [5, 5.41) is 7.77. The predicted octanol–water partition coefficient (Wildman–Crippen LogP) is 4.27. The van der Waals surface area contributed by atoms with Gasteiger partial charge in [-0.25, -0.2) is 9.97 Å². The van der Waals surface area contributed by atoms with Gasteiger partial charge in [0.15, 0.2) is 5.82 Å². The fourth-order valence-electron chi connectivity index (χ4n) is 3.82. The SMILES string of the molecule is CCCc1noc2nc(C3CC3)cc(C(=O)Nc3ccc(C(=O)c4nccn4C)cc3)c12. The van der Waals surface area contributed by atoms with E-state index in [4.69, 9.17) is 4.52 Å². The highest BCUT2D eigenvalue weighted by Crippen LogP contribution is 2.40. The molecule has 1 aromatic carbocycles. The number of amides is 1. The average Bonchev–Trinajstić information content (AvgIpc) is 3.45. The first-order valence-electron chi connectivity index (χ1n) is 10.8. The highest BCUT2D eigenvalue weighted by Gasteiger charge is 2.29. The van der Waals surface area contributed by atoms with Gasteiger partial charge in [-0.2, -0.15) is 0 Å². The van der Waals surface area contributed by atoms with Crippen LogP contribution in [0.2, 0.25) is 0 Å². The summed E-state index contributed by atoms with van der Waals surface area (Å²) in [6, 6.07) is 8.67. The standard InChI is InChI=1S/C24H23N5O3/c1-3-4-18-20-17(13-19(14-5-6-14)27-24(20)32-28-18)23(31)26-16-9-7-15(8-10-16)21(30)22-25-11-12-29(22)2/h7-14H,3-6H2,1-2H3,(H,26,31). The summed E-state index contributed by atoms with van der Waals surface area (Å²) in [6.07, 6.45) is 7.05. The van der Waals surface area contributed by atoms with E-state index in [9.17, 15) is 9.59 Å². The van der Waals surface area contributed by atoms with Gasteiger partial charge in [0.25, 0.3) is 11.6 Å². The van der Waals surface area contributed by atoms with Gasteiger partial charge in [-0.3, -0.25) is 9.59 Å². The molecular formula is C24H23N5O3. The molecule has 4 aromatic rings. The van der Waals surface area contributed by atoms with Crippen molar-refractivity contribution in [1.29, 1.82) is 0 Å². The zero-order valence-corrected chi connectivity index (χ0v) is 18.0. The topological polar surface area (TPSA) is 103 Å². The molecule has 0 unspecified atom stereocenters. The van der Waals surface area contributed by atoms with Gasteiger partial charge >= 0.3 is 0 Å². The summed E-state index contributed by atoms with van der Waals surface area (Å²) in [5.74, 6) is 0.323. The average molecular weight is 429 g/mol. The van der Waals surface area contributed by atoms with E-state index in [1.165, 1.54) is 0 Å². The zero-order valence-electron chi connectivity index (χ0n) is 18.0. The highest BCUT2D eigenvalue weighted by atomic mass is 16.5. The Morgan fingerprint density at radius 3 is 2.66 bits per heavy atom. The number of aromatic nitrogens is 4. The molecular weight excluding hydrogens is 406 g/mol. The largest absolute Gasteiger partial charge is 0.336 e. The third-order valence-corrected chi connectivity index (χ3v) is 5.69. The van der Waals surface area contributed by atoms with Crippen LogP contribution in [-0.2, 0) is 13.5 Å². The normalized spacial score (nSPS) is 13.4. The van der Waals surface area contributed by atoms with Crippen molar-refractivity contribution in [2.45, 2.75) is 38.5 Å². The third-order valence-electron chi connectivity index (χ3n) is 5.69. The summed E-state index contributed by atoms with van der Waals surface area (Å²) >= 11 is 0. The van der Waals surface area contributed by atoms with E-state index < -0.39 is 0 Å². The second-order valence-electron chi connectivity index (χ2n) is 8.15. The van der Waals surface area contributed by atoms with Crippen LogP contribution in [0.5, 0.6) is 0 Å². The van der Waals surface area contributed by atoms with E-state index in [1.807, 2.05) is 6.07 Å². The first-order chi connectivity index (χ1) is 15.5. The second-order valence-corrected chi connectivity index (χ2v) is 8.15. The summed E-state index contributed by atoms with van der Waals surface area (Å²) in [4.78, 5) is 34.5. The number of nitrogens with one attached hydrogen (secondary N) is 1. The lowest BCUT2D eigenvalue weighted by atomic mass is 10.0. The first-order valence-corrected chi connectivity index (χ1v) is 10.8. The van der Waals surface area contributed by atoms with Crippen molar-refractivity contribution in [2.75, 3.05) is 5.32 Å². The van der Waals surface area contributed by atoms with Crippen molar-refractivity contribution in [1.82, 2.24) is 19.7 Å². The van der Waals surface area contributed by atoms with E-state index in [0.717, 1.165) is 30.7 Å². The molecule has 0 spiro atoms. The fraction of sp³-hybridized carbons (Fsp3) is 0.292. The molecule has 1 amide bonds. The quantitative estimate of drug-likeness (QED) is 0.440. The lowest BCUT2D eigenvalue weighted by molar-refractivity contribution is 0.102. The van der Waals surface area contributed by atoms with Crippen LogP contribution in [0, 0.1) is 0 Å². The Balaban J connectivity index is 1.43. The number of aryl methyl sites for hydroxylation is 2. The molecule has 32 heavy (non-hydrogen) atoms. The van der Waals surface area contributed by atoms with E-state index in [-0.39, 0.29) is 11.7 Å². The molecule has 1 aliphatic carbocycles. The lowest BCUT2D eigenvalue weighted by Gasteiger charge is -2.09. The lowest BCUT2D eigenvalue weighted by Crippen LogP contribution is -2.14. The van der Waals surface area contributed by atoms with Crippen molar-refractivity contribution >= 4 is 28.5 Å². The smallest absolute Gasteiger partial charge is 0.259 e. The van der Waals surface area contributed by atoms with E-state index >= 15 is 0 Å². The van der Waals surface area contributed by atoms with Crippen molar-refractivity contribution in [3.63, 3.8) is 0 Å². The zero-order chi connectivity index (χ0) is 22.2. The van der Waals surface area contributed by atoms with Crippen LogP contribution >= 0.6 is 0 Å². The Hall–Kier alpha value is -3.81. The Morgan fingerprint density at radius 1 is 1.22 bits per heavy atom. The van der Waals surface area contributed by atoms with Gasteiger partial charge in [0.05, 0.1) is 16.6 Å². The minimum atomic E-state index is -0.247. The van der Waals surface area contributed by atoms with E-state index in [1.54, 1.807) is 48.3 Å². The number of fused-ring (bicyclic) bond motifs is 1. The molecule has 0 radical (unpaired) electrons. The number of nitrogens with zero attached hydrogens (tertiary/aromatic N) is 4. The summed E-state index contributed by atoms with van der Waals surface area (Å²) in [6.45, 7) is 2.06. The third kappa shape index (κ3) is 3.68. The highest BCUT2D eigenvalue weighted by molar-refractivity contribution is 6.12. The summed E-state index contributed by atoms with van der Waals surface area (Å²) in [5.41, 5.74) is 3.66. The number of carbonyl (C=O) groups excluding carboxylic acids is 2. The van der Waals surface area contributed by atoms with E-state index in [2.05, 4.69) is 27.4 Å². The van der Waals surface area contributed by atoms with Crippen LogP contribution in [0.15, 0.2) is 47.2 Å². The second kappa shape index (κ2) is 8.03. The number of ketones is 1. The van der Waals surface area contributed by atoms with Gasteiger partial charge in [0.1, 0.15) is 0 Å². The first kappa shape index (κ1) is 20.1. The number of anilines is 1. The van der Waals surface area contributed by atoms with Crippen molar-refractivity contribution in [3.05, 3.63) is 71.1 Å². The van der Waals surface area contributed by atoms with Gasteiger partial charge in [-0.1, -0.05) is 18.5 Å². The molecule has 5 rings (SSSR count). The number of hydrogen-bond acceptors (Lipinski definition) is 6. The molecule has 1 aliphatic rings. The molecule has 3 aromatic heterocycles. The van der Waals surface area contributed by atoms with Crippen LogP contribution in [0.4, 0.5) is 5.69 Å². The minimum absolute atomic E-state index is 0.172. The molecule has 0 bridgehead atoms. The van der Waals surface area contributed by atoms with E-state index in [0.29, 0.717) is 46.1 Å². The maximum Gasteiger partial charge on any atom is 0.259 e. The van der Waals surface area contributed by atoms with Gasteiger partial charge in [0, 0.05) is 42.3 Å². The molecule has 0 aliphatic heterocycles. The van der Waals surface area contributed by atoms with Crippen LogP contribution in [-0.4, -0.2) is 31.4 Å². The van der Waals surface area contributed by atoms with Crippen LogP contribution < -0.4 is 5.32 Å². The molecule has 1 saturated carbocycles. The number of rotatable bonds is 7. The molecule has 0 atom stereocenters. The minimum Gasteiger partial charge on any atom is -0.336 e. The van der Waals surface area contributed by atoms with Crippen LogP contribution in [0.1, 0.15) is 70.0 Å². The maximum atomic E-state index is 13.2. The van der Waals surface area contributed by atoms with Gasteiger partial charge in [-0.15, -0.1) is 0 Å². The fourth-order valence-corrected chi connectivity index (χ4v) is 3.82. The number of carbonyl (C=O) groups is 2. The van der Waals surface area contributed by atoms with Crippen molar-refractivity contribution in [3.8, 4) is 0 Å². The number of imidazole rings is 1. The van der Waals surface area contributed by atoms with Gasteiger partial charge in [0.2, 0.25) is 5.78 Å². The molecule has 8 nitrogen and oxygen atoms in total. The Labute approximate surface area is 184 Å². The number of hydrogen-bond donors (Lipinski definition) is 1. The molecule has 162 valence electrons. The maximum absolute atomic E-state index is 13.2. The van der Waals surface area contributed by atoms with Gasteiger partial charge in [-0.05, 0) is 49.6 Å². The van der Waals surface area contributed by atoms with Crippen molar-refractivity contribution in [2.24, 2.45) is 7.05 Å². The molecule has 8 heteroatoms.